The van der Waals surface area contributed by atoms with Crippen molar-refractivity contribution in [2.45, 2.75) is 19.6 Å². The van der Waals surface area contributed by atoms with Crippen LogP contribution in [0.2, 0.25) is 5.02 Å². The second-order valence-corrected chi connectivity index (χ2v) is 5.31. The number of methoxy groups -OCH3 is 1. The monoisotopic (exact) mass is 337 g/mol. The van der Waals surface area contributed by atoms with Crippen molar-refractivity contribution in [3.8, 4) is 11.5 Å². The summed E-state index contributed by atoms with van der Waals surface area (Å²) in [5.41, 5.74) is 0.941. The van der Waals surface area contributed by atoms with E-state index >= 15 is 0 Å². The second-order valence-electron chi connectivity index (χ2n) is 4.90. The number of ether oxygens (including phenoxy) is 2. The van der Waals surface area contributed by atoms with Crippen molar-refractivity contribution in [3.05, 3.63) is 58.9 Å². The summed E-state index contributed by atoms with van der Waals surface area (Å²) in [6.45, 7) is 1.99. The molecule has 1 atom stereocenters. The van der Waals surface area contributed by atoms with Crippen LogP contribution in [0.15, 0.2) is 42.5 Å². The van der Waals surface area contributed by atoms with Crippen LogP contribution in [0.3, 0.4) is 0 Å². The van der Waals surface area contributed by atoms with Crippen molar-refractivity contribution in [2.75, 3.05) is 7.11 Å². The molecule has 2 rings (SSSR count). The highest BCUT2D eigenvalue weighted by Crippen LogP contribution is 2.22. The summed E-state index contributed by atoms with van der Waals surface area (Å²) in [5.74, 6) is 0.283. The van der Waals surface area contributed by atoms with Gasteiger partial charge < -0.3 is 14.8 Å². The van der Waals surface area contributed by atoms with Crippen LogP contribution in [0, 0.1) is 5.82 Å². The topological polar surface area (TPSA) is 47.6 Å². The third-order valence-electron chi connectivity index (χ3n) is 3.20. The largest absolute Gasteiger partial charge is 0.497 e. The number of benzene rings is 2. The molecule has 0 heterocycles. The van der Waals surface area contributed by atoms with E-state index in [-0.39, 0.29) is 10.9 Å². The van der Waals surface area contributed by atoms with E-state index in [1.807, 2.05) is 24.3 Å². The molecular weight excluding hydrogens is 321 g/mol. The number of amides is 1. The fraction of sp³-hybridized carbons (Fsp3) is 0.235. The molecule has 4 nitrogen and oxygen atoms in total. The Morgan fingerprint density at radius 2 is 1.87 bits per heavy atom. The third kappa shape index (κ3) is 4.86. The van der Waals surface area contributed by atoms with Gasteiger partial charge >= 0.3 is 0 Å². The first-order valence-electron chi connectivity index (χ1n) is 7.02. The van der Waals surface area contributed by atoms with E-state index in [0.717, 1.165) is 11.3 Å². The highest BCUT2D eigenvalue weighted by Gasteiger charge is 2.15. The van der Waals surface area contributed by atoms with Crippen molar-refractivity contribution in [2.24, 2.45) is 0 Å². The van der Waals surface area contributed by atoms with Crippen LogP contribution in [0.5, 0.6) is 11.5 Å². The molecule has 0 fully saturated rings. The smallest absolute Gasteiger partial charge is 0.261 e. The van der Waals surface area contributed by atoms with E-state index in [1.165, 1.54) is 18.2 Å². The molecule has 2 aromatic carbocycles. The number of carbonyl (C=O) groups excluding carboxylic acids is 1. The molecule has 1 N–H and O–H groups in total. The van der Waals surface area contributed by atoms with Crippen molar-refractivity contribution in [1.82, 2.24) is 5.32 Å². The Balaban J connectivity index is 1.87. The average Bonchev–Trinajstić information content (AvgIpc) is 2.56. The van der Waals surface area contributed by atoms with Crippen LogP contribution in [-0.2, 0) is 11.3 Å². The minimum Gasteiger partial charge on any atom is -0.497 e. The first-order chi connectivity index (χ1) is 11.0. The number of rotatable bonds is 6. The zero-order chi connectivity index (χ0) is 16.8. The third-order valence-corrected chi connectivity index (χ3v) is 3.49. The molecule has 1 amide bonds. The molecule has 122 valence electrons. The Labute approximate surface area is 139 Å². The number of hydrogen-bond donors (Lipinski definition) is 1. The SMILES string of the molecule is COc1ccc(CNC(=O)[C@@H](C)Oc2ccc(F)c(Cl)c2)cc1. The minimum atomic E-state index is -0.727. The number of nitrogens with one attached hydrogen (secondary N) is 1. The normalized spacial score (nSPS) is 11.7. The summed E-state index contributed by atoms with van der Waals surface area (Å²) >= 11 is 5.68. The summed E-state index contributed by atoms with van der Waals surface area (Å²) in [5, 5.41) is 2.72. The van der Waals surface area contributed by atoms with Gasteiger partial charge in [0.2, 0.25) is 0 Å². The Kier molecular flexibility index (Phi) is 5.82. The Morgan fingerprint density at radius 1 is 1.22 bits per heavy atom. The Bertz CT molecular complexity index is 676. The Hall–Kier alpha value is -2.27. The van der Waals surface area contributed by atoms with E-state index in [9.17, 15) is 9.18 Å². The maximum Gasteiger partial charge on any atom is 0.261 e. The molecule has 0 aliphatic carbocycles. The summed E-state index contributed by atoms with van der Waals surface area (Å²) in [6.07, 6.45) is -0.727. The highest BCUT2D eigenvalue weighted by molar-refractivity contribution is 6.30. The predicted molar refractivity (Wildman–Crippen MR) is 86.3 cm³/mol. The van der Waals surface area contributed by atoms with Gasteiger partial charge in [0.1, 0.15) is 17.3 Å². The van der Waals surface area contributed by atoms with Crippen molar-refractivity contribution in [3.63, 3.8) is 0 Å². The van der Waals surface area contributed by atoms with Gasteiger partial charge in [0, 0.05) is 12.6 Å². The Morgan fingerprint density at radius 3 is 2.48 bits per heavy atom. The van der Waals surface area contributed by atoms with Gasteiger partial charge in [-0.25, -0.2) is 4.39 Å². The lowest BCUT2D eigenvalue weighted by molar-refractivity contribution is -0.127. The summed E-state index contributed by atoms with van der Waals surface area (Å²) in [7, 11) is 1.59. The van der Waals surface area contributed by atoms with Gasteiger partial charge in [-0.05, 0) is 36.8 Å². The lowest BCUT2D eigenvalue weighted by Gasteiger charge is -2.15. The fourth-order valence-electron chi connectivity index (χ4n) is 1.88. The van der Waals surface area contributed by atoms with Gasteiger partial charge in [0.05, 0.1) is 12.1 Å². The molecule has 0 saturated carbocycles. The van der Waals surface area contributed by atoms with E-state index in [1.54, 1.807) is 14.0 Å². The van der Waals surface area contributed by atoms with E-state index in [2.05, 4.69) is 5.32 Å². The molecule has 0 spiro atoms. The number of halogens is 2. The zero-order valence-electron chi connectivity index (χ0n) is 12.8. The lowest BCUT2D eigenvalue weighted by Crippen LogP contribution is -2.35. The van der Waals surface area contributed by atoms with Crippen molar-refractivity contribution < 1.29 is 18.7 Å². The number of carbonyl (C=O) groups is 1. The lowest BCUT2D eigenvalue weighted by atomic mass is 10.2. The van der Waals surface area contributed by atoms with Crippen LogP contribution < -0.4 is 14.8 Å². The standard InChI is InChI=1S/C17H17ClFNO3/c1-11(23-14-7-8-16(19)15(18)9-14)17(21)20-10-12-3-5-13(22-2)6-4-12/h3-9,11H,10H2,1-2H3,(H,20,21)/t11-/m1/s1. The van der Waals surface area contributed by atoms with Crippen LogP contribution in [-0.4, -0.2) is 19.1 Å². The van der Waals surface area contributed by atoms with Gasteiger partial charge in [-0.3, -0.25) is 4.79 Å². The van der Waals surface area contributed by atoms with E-state index < -0.39 is 11.9 Å². The van der Waals surface area contributed by atoms with Gasteiger partial charge in [-0.1, -0.05) is 23.7 Å². The van der Waals surface area contributed by atoms with Gasteiger partial charge in [-0.15, -0.1) is 0 Å². The maximum atomic E-state index is 13.1. The summed E-state index contributed by atoms with van der Waals surface area (Å²) in [6, 6.07) is 11.3. The maximum absolute atomic E-state index is 13.1. The van der Waals surface area contributed by atoms with Gasteiger partial charge in [0.25, 0.3) is 5.91 Å². The molecular formula is C17H17ClFNO3. The summed E-state index contributed by atoms with van der Waals surface area (Å²) in [4.78, 5) is 12.0. The zero-order valence-corrected chi connectivity index (χ0v) is 13.6. The van der Waals surface area contributed by atoms with Gasteiger partial charge in [-0.2, -0.15) is 0 Å². The second kappa shape index (κ2) is 7.83. The quantitative estimate of drug-likeness (QED) is 0.876. The molecule has 0 aliphatic rings. The minimum absolute atomic E-state index is 0.0478. The molecule has 0 aromatic heterocycles. The summed E-state index contributed by atoms with van der Waals surface area (Å²) < 4.78 is 23.6. The van der Waals surface area contributed by atoms with Crippen molar-refractivity contribution >= 4 is 17.5 Å². The van der Waals surface area contributed by atoms with E-state index in [4.69, 9.17) is 21.1 Å². The molecule has 0 unspecified atom stereocenters. The molecule has 2 aromatic rings. The number of hydrogen-bond acceptors (Lipinski definition) is 3. The predicted octanol–water partition coefficient (Wildman–Crippen LogP) is 3.57. The molecule has 6 heteroatoms. The molecule has 0 aliphatic heterocycles. The molecule has 0 saturated heterocycles. The van der Waals surface area contributed by atoms with Gasteiger partial charge in [0.15, 0.2) is 6.10 Å². The van der Waals surface area contributed by atoms with Crippen LogP contribution in [0.4, 0.5) is 4.39 Å². The van der Waals surface area contributed by atoms with Crippen molar-refractivity contribution in [1.29, 1.82) is 0 Å². The van der Waals surface area contributed by atoms with E-state index in [0.29, 0.717) is 12.3 Å². The van der Waals surface area contributed by atoms with Crippen LogP contribution >= 0.6 is 11.6 Å². The van der Waals surface area contributed by atoms with Crippen LogP contribution in [0.1, 0.15) is 12.5 Å². The fourth-order valence-corrected chi connectivity index (χ4v) is 2.05. The highest BCUT2D eigenvalue weighted by atomic mass is 35.5. The molecule has 0 radical (unpaired) electrons. The first kappa shape index (κ1) is 17.1. The first-order valence-corrected chi connectivity index (χ1v) is 7.39. The average molecular weight is 338 g/mol. The van der Waals surface area contributed by atoms with Crippen LogP contribution in [0.25, 0.3) is 0 Å². The molecule has 23 heavy (non-hydrogen) atoms. The molecule has 0 bridgehead atoms.